The minimum atomic E-state index is -2.92. The van der Waals surface area contributed by atoms with Crippen LogP contribution < -0.4 is 15.8 Å². The highest BCUT2D eigenvalue weighted by atomic mass is 79.9. The average molecular weight is 484 g/mol. The number of aliphatic hydroxyl groups excluding tert-OH is 1. The number of nitrogens with one attached hydrogen (secondary N) is 1. The molecule has 9 nitrogen and oxygen atoms in total. The molecule has 0 radical (unpaired) electrons. The second-order valence-corrected chi connectivity index (χ2v) is 7.24. The van der Waals surface area contributed by atoms with Crippen LogP contribution in [0.4, 0.5) is 0 Å². The molecule has 2 rings (SSSR count). The zero-order valence-corrected chi connectivity index (χ0v) is 17.1. The van der Waals surface area contributed by atoms with Crippen molar-refractivity contribution in [1.29, 1.82) is 0 Å². The summed E-state index contributed by atoms with van der Waals surface area (Å²) >= 11 is 8.88. The fourth-order valence-corrected chi connectivity index (χ4v) is 3.26. The molecule has 0 fully saturated rings. The van der Waals surface area contributed by atoms with Gasteiger partial charge in [-0.15, -0.1) is 0 Å². The van der Waals surface area contributed by atoms with Gasteiger partial charge in [0.05, 0.1) is 6.61 Å². The van der Waals surface area contributed by atoms with Crippen LogP contribution in [0.2, 0.25) is 0 Å². The number of H-pyrrole nitrogens is 1. The van der Waals surface area contributed by atoms with Gasteiger partial charge in [0.15, 0.2) is 5.56 Å². The van der Waals surface area contributed by atoms with E-state index in [0.29, 0.717) is 5.75 Å². The molecule has 0 amide bonds. The second-order valence-electron chi connectivity index (χ2n) is 5.15. The topological polar surface area (TPSA) is 120 Å². The van der Waals surface area contributed by atoms with Crippen LogP contribution in [0.3, 0.4) is 0 Å². The quantitative estimate of drug-likeness (QED) is 0.391. The number of nitrogens with zero attached hydrogens (tertiary/aromatic N) is 1. The maximum Gasteiger partial charge on any atom is 0.367 e. The molecule has 1 unspecified atom stereocenters. The lowest BCUT2D eigenvalue weighted by molar-refractivity contribution is -0.0910. The van der Waals surface area contributed by atoms with Crippen LogP contribution in [0.25, 0.3) is 0 Å². The largest absolute Gasteiger partial charge is 0.426 e. The molecule has 148 valence electrons. The minimum Gasteiger partial charge on any atom is -0.426 e. The van der Waals surface area contributed by atoms with Crippen molar-refractivity contribution in [2.24, 2.45) is 0 Å². The SMILES string of the molecule is O=c1ccn([C@@H](CBr)O[C@H](CO[PH](=O)Oc2ccccc2)[C@@H](O)Cl)c(=O)[nH]1. The van der Waals surface area contributed by atoms with Crippen molar-refractivity contribution in [2.75, 3.05) is 11.9 Å². The van der Waals surface area contributed by atoms with Gasteiger partial charge < -0.3 is 14.4 Å². The molecule has 2 aromatic rings. The van der Waals surface area contributed by atoms with Crippen LogP contribution in [0, 0.1) is 0 Å². The third-order valence-electron chi connectivity index (χ3n) is 3.24. The summed E-state index contributed by atoms with van der Waals surface area (Å²) in [6.07, 6.45) is -0.789. The lowest BCUT2D eigenvalue weighted by Crippen LogP contribution is -2.38. The van der Waals surface area contributed by atoms with Crippen molar-refractivity contribution in [1.82, 2.24) is 9.55 Å². The smallest absolute Gasteiger partial charge is 0.367 e. The molecule has 0 aliphatic rings. The first-order valence-electron chi connectivity index (χ1n) is 7.65. The molecule has 0 saturated heterocycles. The van der Waals surface area contributed by atoms with Gasteiger partial charge >= 0.3 is 13.9 Å². The highest BCUT2D eigenvalue weighted by Gasteiger charge is 2.25. The van der Waals surface area contributed by atoms with Crippen LogP contribution in [-0.4, -0.2) is 38.3 Å². The molecule has 1 heterocycles. The zero-order chi connectivity index (χ0) is 19.8. The molecule has 0 aliphatic carbocycles. The molecular weight excluding hydrogens is 467 g/mol. The van der Waals surface area contributed by atoms with E-state index in [9.17, 15) is 19.3 Å². The summed E-state index contributed by atoms with van der Waals surface area (Å²) in [7, 11) is -2.92. The Hall–Kier alpha value is -1.42. The van der Waals surface area contributed by atoms with Crippen LogP contribution in [0.5, 0.6) is 5.75 Å². The number of aromatic amines is 1. The van der Waals surface area contributed by atoms with E-state index in [2.05, 4.69) is 20.9 Å². The first-order chi connectivity index (χ1) is 12.9. The predicted molar refractivity (Wildman–Crippen MR) is 103 cm³/mol. The lowest BCUT2D eigenvalue weighted by atomic mass is 10.3. The fraction of sp³-hybridized carbons (Fsp3) is 0.333. The summed E-state index contributed by atoms with van der Waals surface area (Å²) in [5, 5.41) is 9.84. The number of aliphatic hydroxyl groups is 1. The number of hydrogen-bond donors (Lipinski definition) is 2. The molecule has 27 heavy (non-hydrogen) atoms. The second kappa shape index (κ2) is 10.8. The van der Waals surface area contributed by atoms with Gasteiger partial charge in [0.1, 0.15) is 18.1 Å². The molecule has 2 N–H and O–H groups in total. The van der Waals surface area contributed by atoms with Crippen molar-refractivity contribution in [3.05, 3.63) is 63.4 Å². The van der Waals surface area contributed by atoms with Gasteiger partial charge in [-0.25, -0.2) is 9.36 Å². The number of halogens is 2. The first-order valence-corrected chi connectivity index (χ1v) is 10.4. The number of ether oxygens (including phenoxy) is 1. The maximum absolute atomic E-state index is 11.9. The van der Waals surface area contributed by atoms with Crippen molar-refractivity contribution in [3.63, 3.8) is 0 Å². The van der Waals surface area contributed by atoms with Crippen molar-refractivity contribution >= 4 is 35.8 Å². The third-order valence-corrected chi connectivity index (χ3v) is 4.88. The van der Waals surface area contributed by atoms with E-state index >= 15 is 0 Å². The van der Waals surface area contributed by atoms with Crippen LogP contribution in [0.1, 0.15) is 6.23 Å². The molecule has 0 bridgehead atoms. The van der Waals surface area contributed by atoms with Gasteiger partial charge in [-0.1, -0.05) is 45.7 Å². The Morgan fingerprint density at radius 2 is 1.96 bits per heavy atom. The Balaban J connectivity index is 2.00. The first kappa shape index (κ1) is 21.9. The van der Waals surface area contributed by atoms with Crippen LogP contribution in [0.15, 0.2) is 52.2 Å². The fourth-order valence-electron chi connectivity index (χ4n) is 1.98. The summed E-state index contributed by atoms with van der Waals surface area (Å²) in [5.74, 6) is 0.364. The van der Waals surface area contributed by atoms with E-state index in [1.165, 1.54) is 6.20 Å². The monoisotopic (exact) mass is 482 g/mol. The highest BCUT2D eigenvalue weighted by Crippen LogP contribution is 2.29. The van der Waals surface area contributed by atoms with Crippen LogP contribution in [-0.2, 0) is 13.8 Å². The number of aromatic nitrogens is 2. The average Bonchev–Trinajstić information content (AvgIpc) is 2.63. The zero-order valence-electron chi connectivity index (χ0n) is 13.8. The summed E-state index contributed by atoms with van der Waals surface area (Å²) < 4.78 is 28.8. The number of rotatable bonds is 10. The number of benzene rings is 1. The van der Waals surface area contributed by atoms with Crippen molar-refractivity contribution < 1.29 is 23.5 Å². The summed E-state index contributed by atoms with van der Waals surface area (Å²) in [5.41, 5.74) is -2.76. The Kier molecular flexibility index (Phi) is 8.75. The van der Waals surface area contributed by atoms with E-state index in [0.717, 1.165) is 10.6 Å². The molecular formula is C15H17BrClN2O7P. The summed E-state index contributed by atoms with van der Waals surface area (Å²) in [6.45, 7) is -0.350. The minimum absolute atomic E-state index is 0.148. The van der Waals surface area contributed by atoms with Gasteiger partial charge in [0, 0.05) is 17.6 Å². The Morgan fingerprint density at radius 3 is 2.56 bits per heavy atom. The molecule has 1 aromatic heterocycles. The number of para-hydroxylation sites is 1. The van der Waals surface area contributed by atoms with E-state index in [1.807, 2.05) is 0 Å². The summed E-state index contributed by atoms with van der Waals surface area (Å²) in [6, 6.07) is 9.57. The standard InChI is InChI=1S/C15H17BrClN2O7P/c16-8-13(19-7-6-12(20)18-15(19)22)25-11(14(17)21)9-24-27(23)26-10-4-2-1-3-5-10/h1-7,11,13-14,21,27H,8-9H2,(H,18,20,22)/t11-,13-,14-/m1/s1. The van der Waals surface area contributed by atoms with Gasteiger partial charge in [-0.3, -0.25) is 18.9 Å². The van der Waals surface area contributed by atoms with Gasteiger partial charge in [0.25, 0.3) is 5.56 Å². The van der Waals surface area contributed by atoms with E-state index in [4.69, 9.17) is 25.4 Å². The third kappa shape index (κ3) is 6.91. The van der Waals surface area contributed by atoms with E-state index in [-0.39, 0.29) is 11.9 Å². The summed E-state index contributed by atoms with van der Waals surface area (Å²) in [4.78, 5) is 25.1. The molecule has 1 aromatic carbocycles. The maximum atomic E-state index is 11.9. The normalized spacial score (nSPS) is 15.7. The van der Waals surface area contributed by atoms with Gasteiger partial charge in [-0.2, -0.15) is 0 Å². The van der Waals surface area contributed by atoms with E-state index in [1.54, 1.807) is 30.3 Å². The van der Waals surface area contributed by atoms with Crippen LogP contribution >= 0.6 is 35.8 Å². The van der Waals surface area contributed by atoms with Crippen molar-refractivity contribution in [2.45, 2.75) is 17.9 Å². The van der Waals surface area contributed by atoms with Gasteiger partial charge in [0.2, 0.25) is 0 Å². The Morgan fingerprint density at radius 1 is 1.26 bits per heavy atom. The molecule has 4 atom stereocenters. The Labute approximate surface area is 167 Å². The molecule has 12 heteroatoms. The molecule has 0 aliphatic heterocycles. The number of alkyl halides is 2. The van der Waals surface area contributed by atoms with Gasteiger partial charge in [-0.05, 0) is 12.1 Å². The van der Waals surface area contributed by atoms with Crippen molar-refractivity contribution in [3.8, 4) is 5.75 Å². The lowest BCUT2D eigenvalue weighted by Gasteiger charge is -2.25. The van der Waals surface area contributed by atoms with E-state index < -0.39 is 37.4 Å². The molecule has 0 saturated carbocycles. The predicted octanol–water partition coefficient (Wildman–Crippen LogP) is 1.86. The number of hydrogen-bond acceptors (Lipinski definition) is 7. The Bertz CT molecular complexity index is 861. The highest BCUT2D eigenvalue weighted by molar-refractivity contribution is 9.09. The molecule has 0 spiro atoms.